The second-order valence-corrected chi connectivity index (χ2v) is 3.80. The zero-order chi connectivity index (χ0) is 8.69. The molecule has 1 nitrogen and oxygen atoms in total. The lowest BCUT2D eigenvalue weighted by atomic mass is 10.2. The molecule has 2 heteroatoms. The first-order valence-corrected chi connectivity index (χ1v) is 5.65. The quantitative estimate of drug-likeness (QED) is 0.624. The first-order valence-electron chi connectivity index (χ1n) is 4.52. The molecule has 0 spiro atoms. The van der Waals surface area contributed by atoms with Gasteiger partial charge in [-0.05, 0) is 25.4 Å². The predicted octanol–water partition coefficient (Wildman–Crippen LogP) is 2.75. The van der Waals surface area contributed by atoms with Crippen molar-refractivity contribution in [2.75, 3.05) is 25.0 Å². The summed E-state index contributed by atoms with van der Waals surface area (Å²) in [5, 5.41) is 1.12. The van der Waals surface area contributed by atoms with Crippen LogP contribution in [0.25, 0.3) is 0 Å². The van der Waals surface area contributed by atoms with E-state index in [1.807, 2.05) is 0 Å². The van der Waals surface area contributed by atoms with Gasteiger partial charge < -0.3 is 4.90 Å². The van der Waals surface area contributed by atoms with E-state index < -0.39 is 0 Å². The number of nitrogens with zero attached hydrogens (tertiary/aromatic N) is 1. The molecule has 0 bridgehead atoms. The molecule has 0 aliphatic rings. The molecule has 0 aromatic rings. The van der Waals surface area contributed by atoms with Crippen LogP contribution in [0.5, 0.6) is 0 Å². The zero-order valence-corrected chi connectivity index (χ0v) is 9.52. The normalized spacial score (nSPS) is 13.9. The van der Waals surface area contributed by atoms with Crippen LogP contribution in [0.15, 0.2) is 0 Å². The van der Waals surface area contributed by atoms with Gasteiger partial charge in [0.25, 0.3) is 0 Å². The predicted molar refractivity (Wildman–Crippen MR) is 55.4 cm³/mol. The van der Waals surface area contributed by atoms with Crippen molar-refractivity contribution in [2.24, 2.45) is 5.92 Å². The van der Waals surface area contributed by atoms with Crippen LogP contribution < -0.4 is 0 Å². The van der Waals surface area contributed by atoms with Crippen LogP contribution >= 0.6 is 15.9 Å². The van der Waals surface area contributed by atoms with Crippen molar-refractivity contribution < 1.29 is 0 Å². The summed E-state index contributed by atoms with van der Waals surface area (Å²) in [5.74, 6) is 0.779. The summed E-state index contributed by atoms with van der Waals surface area (Å²) in [6, 6.07) is 0. The molecule has 0 saturated carbocycles. The Bertz CT molecular complexity index is 85.6. The van der Waals surface area contributed by atoms with E-state index >= 15 is 0 Å². The Morgan fingerprint density at radius 3 is 2.36 bits per heavy atom. The van der Waals surface area contributed by atoms with Gasteiger partial charge in [-0.1, -0.05) is 36.7 Å². The van der Waals surface area contributed by atoms with Gasteiger partial charge in [-0.25, -0.2) is 0 Å². The van der Waals surface area contributed by atoms with Gasteiger partial charge in [0.15, 0.2) is 0 Å². The van der Waals surface area contributed by atoms with Crippen LogP contribution in [-0.4, -0.2) is 29.9 Å². The number of hydrogen-bond acceptors (Lipinski definition) is 1. The molecule has 0 aromatic heterocycles. The highest BCUT2D eigenvalue weighted by molar-refractivity contribution is 9.09. The number of alkyl halides is 1. The van der Waals surface area contributed by atoms with E-state index in [2.05, 4.69) is 41.6 Å². The van der Waals surface area contributed by atoms with Crippen LogP contribution in [0.2, 0.25) is 0 Å². The Morgan fingerprint density at radius 2 is 2.00 bits per heavy atom. The van der Waals surface area contributed by atoms with Gasteiger partial charge in [0.05, 0.1) is 0 Å². The largest absolute Gasteiger partial charge is 0.303 e. The van der Waals surface area contributed by atoms with E-state index in [4.69, 9.17) is 0 Å². The van der Waals surface area contributed by atoms with Crippen LogP contribution in [0.3, 0.4) is 0 Å². The summed E-state index contributed by atoms with van der Waals surface area (Å²) in [5.41, 5.74) is 0. The molecule has 0 N–H and O–H groups in total. The maximum Gasteiger partial charge on any atom is 0.00692 e. The van der Waals surface area contributed by atoms with E-state index in [0.29, 0.717) is 0 Å². The van der Waals surface area contributed by atoms with Gasteiger partial charge in [0.2, 0.25) is 0 Å². The van der Waals surface area contributed by atoms with Crippen molar-refractivity contribution >= 4 is 15.9 Å². The summed E-state index contributed by atoms with van der Waals surface area (Å²) >= 11 is 3.50. The Kier molecular flexibility index (Phi) is 7.39. The van der Waals surface area contributed by atoms with Crippen molar-refractivity contribution in [2.45, 2.75) is 27.2 Å². The Morgan fingerprint density at radius 1 is 1.36 bits per heavy atom. The SMILES string of the molecule is CCCN(CC)CC(C)CBr. The number of hydrogen-bond donors (Lipinski definition) is 0. The molecule has 0 amide bonds. The number of rotatable bonds is 6. The Balaban J connectivity index is 3.49. The third kappa shape index (κ3) is 5.68. The molecule has 0 aliphatic heterocycles. The molecule has 1 atom stereocenters. The fourth-order valence-corrected chi connectivity index (χ4v) is 1.39. The molecule has 0 saturated heterocycles. The highest BCUT2D eigenvalue weighted by Crippen LogP contribution is 2.03. The lowest BCUT2D eigenvalue weighted by Gasteiger charge is -2.22. The van der Waals surface area contributed by atoms with Crippen molar-refractivity contribution in [3.05, 3.63) is 0 Å². The highest BCUT2D eigenvalue weighted by Gasteiger charge is 2.05. The van der Waals surface area contributed by atoms with Crippen molar-refractivity contribution in [3.63, 3.8) is 0 Å². The minimum atomic E-state index is 0.779. The molecule has 0 heterocycles. The standard InChI is InChI=1S/C9H20BrN/c1-4-6-11(5-2)8-9(3)7-10/h9H,4-8H2,1-3H3. The molecule has 0 fully saturated rings. The highest BCUT2D eigenvalue weighted by atomic mass is 79.9. The maximum atomic E-state index is 3.50. The average molecular weight is 222 g/mol. The molecule has 1 unspecified atom stereocenters. The number of halogens is 1. The molecule has 68 valence electrons. The van der Waals surface area contributed by atoms with Gasteiger partial charge in [-0.2, -0.15) is 0 Å². The Hall–Kier alpha value is 0.440. The van der Waals surface area contributed by atoms with Gasteiger partial charge in [-0.3, -0.25) is 0 Å². The summed E-state index contributed by atoms with van der Waals surface area (Å²) in [7, 11) is 0. The van der Waals surface area contributed by atoms with Crippen molar-refractivity contribution in [3.8, 4) is 0 Å². The molecule has 0 aliphatic carbocycles. The topological polar surface area (TPSA) is 3.24 Å². The molecule has 11 heavy (non-hydrogen) atoms. The minimum Gasteiger partial charge on any atom is -0.303 e. The zero-order valence-electron chi connectivity index (χ0n) is 7.94. The average Bonchev–Trinajstić information content (AvgIpc) is 2.03. The maximum absolute atomic E-state index is 3.50. The van der Waals surface area contributed by atoms with E-state index in [1.165, 1.54) is 26.1 Å². The lowest BCUT2D eigenvalue weighted by molar-refractivity contribution is 0.259. The summed E-state index contributed by atoms with van der Waals surface area (Å²) in [4.78, 5) is 2.51. The first-order chi connectivity index (χ1) is 5.24. The van der Waals surface area contributed by atoms with E-state index in [0.717, 1.165) is 11.2 Å². The third-order valence-corrected chi connectivity index (χ3v) is 2.93. The van der Waals surface area contributed by atoms with Gasteiger partial charge in [0, 0.05) is 11.9 Å². The molecular formula is C9H20BrN. The second kappa shape index (κ2) is 7.11. The third-order valence-electron chi connectivity index (χ3n) is 1.82. The van der Waals surface area contributed by atoms with Crippen LogP contribution in [0.4, 0.5) is 0 Å². The summed E-state index contributed by atoms with van der Waals surface area (Å²) in [6.07, 6.45) is 1.27. The van der Waals surface area contributed by atoms with Gasteiger partial charge in [0.1, 0.15) is 0 Å². The molecule has 0 radical (unpaired) electrons. The van der Waals surface area contributed by atoms with E-state index in [9.17, 15) is 0 Å². The first kappa shape index (κ1) is 11.4. The van der Waals surface area contributed by atoms with Crippen molar-refractivity contribution in [1.82, 2.24) is 4.90 Å². The fourth-order valence-electron chi connectivity index (χ4n) is 1.18. The molecule has 0 aromatic carbocycles. The van der Waals surface area contributed by atoms with Crippen molar-refractivity contribution in [1.29, 1.82) is 0 Å². The van der Waals surface area contributed by atoms with E-state index in [1.54, 1.807) is 0 Å². The second-order valence-electron chi connectivity index (χ2n) is 3.15. The fraction of sp³-hybridized carbons (Fsp3) is 1.00. The Labute approximate surface area is 79.3 Å². The van der Waals surface area contributed by atoms with Crippen LogP contribution in [0, 0.1) is 5.92 Å². The van der Waals surface area contributed by atoms with E-state index in [-0.39, 0.29) is 0 Å². The molecular weight excluding hydrogens is 202 g/mol. The van der Waals surface area contributed by atoms with Gasteiger partial charge >= 0.3 is 0 Å². The van der Waals surface area contributed by atoms with Crippen LogP contribution in [0.1, 0.15) is 27.2 Å². The van der Waals surface area contributed by atoms with Gasteiger partial charge in [-0.15, -0.1) is 0 Å². The molecule has 0 rings (SSSR count). The lowest BCUT2D eigenvalue weighted by Crippen LogP contribution is -2.29. The minimum absolute atomic E-state index is 0.779. The summed E-state index contributed by atoms with van der Waals surface area (Å²) in [6.45, 7) is 10.4. The smallest absolute Gasteiger partial charge is 0.00692 e. The summed E-state index contributed by atoms with van der Waals surface area (Å²) < 4.78 is 0. The monoisotopic (exact) mass is 221 g/mol. The van der Waals surface area contributed by atoms with Crippen LogP contribution in [-0.2, 0) is 0 Å².